The number of likely N-dealkylation sites (tertiary alicyclic amines) is 1. The molecule has 3 aromatic heterocycles. The molecule has 10 nitrogen and oxygen atoms in total. The zero-order valence-electron chi connectivity index (χ0n) is 26.8. The second-order valence-corrected chi connectivity index (χ2v) is 13.9. The zero-order valence-corrected chi connectivity index (χ0v) is 27.6. The lowest BCUT2D eigenvalue weighted by Gasteiger charge is -2.46. The molecular formula is C34H34ClF4N7O3. The second kappa shape index (κ2) is 12.5. The van der Waals surface area contributed by atoms with Crippen molar-refractivity contribution in [3.05, 3.63) is 64.5 Å². The number of aromatic nitrogens is 4. The summed E-state index contributed by atoms with van der Waals surface area (Å²) >= 11 is 5.86. The molecule has 2 atom stereocenters. The summed E-state index contributed by atoms with van der Waals surface area (Å²) in [5.74, 6) is -4.07. The van der Waals surface area contributed by atoms with Gasteiger partial charge < -0.3 is 10.5 Å². The van der Waals surface area contributed by atoms with Crippen LogP contribution < -0.4 is 15.4 Å². The van der Waals surface area contributed by atoms with E-state index < -0.39 is 35.8 Å². The molecule has 1 aromatic carbocycles. The average Bonchev–Trinajstić information content (AvgIpc) is 3.44. The number of alkyl halides is 3. The number of pyridine rings is 2. The molecule has 2 aliphatic heterocycles. The standard InChI is InChI=1S/C34H34ClF4N7O3/c1-17(2)7-24-31(32(40)48)30(18-3-4-27-28(8-18)49-16-29(47)45(27)15-25-22(36)9-19(35)12-41-25)21-13-42-46(33(21)43-24)26-5-6-44(14-23(26)37)20-10-34(38,39)11-20/h3-4,8-9,12-13,17,20,23,26H,5-7,10-11,14-16H2,1-2H3,(H2,40,48)/t23-,26?/m1/s1. The minimum Gasteiger partial charge on any atom is -0.482 e. The summed E-state index contributed by atoms with van der Waals surface area (Å²) in [6, 6.07) is 5.08. The van der Waals surface area contributed by atoms with Crippen LogP contribution in [0.25, 0.3) is 22.2 Å². The zero-order chi connectivity index (χ0) is 34.8. The van der Waals surface area contributed by atoms with Crippen LogP contribution in [0.5, 0.6) is 5.75 Å². The van der Waals surface area contributed by atoms with Crippen LogP contribution in [0.15, 0.2) is 36.7 Å². The Morgan fingerprint density at radius 2 is 1.96 bits per heavy atom. The number of piperidine rings is 1. The molecule has 0 spiro atoms. The minimum atomic E-state index is -2.70. The van der Waals surface area contributed by atoms with Crippen LogP contribution in [-0.4, -0.2) is 74.3 Å². The Hall–Kier alpha value is -4.30. The van der Waals surface area contributed by atoms with Gasteiger partial charge in [0.15, 0.2) is 12.3 Å². The van der Waals surface area contributed by atoms with Gasteiger partial charge in [0.25, 0.3) is 17.7 Å². The van der Waals surface area contributed by atoms with Crippen molar-refractivity contribution >= 4 is 40.1 Å². The number of nitrogens with two attached hydrogens (primary N) is 1. The van der Waals surface area contributed by atoms with Gasteiger partial charge in [0, 0.05) is 49.1 Å². The van der Waals surface area contributed by atoms with E-state index in [1.165, 1.54) is 22.0 Å². The van der Waals surface area contributed by atoms with Gasteiger partial charge >= 0.3 is 0 Å². The number of carbonyl (C=O) groups is 2. The number of fused-ring (bicyclic) bond motifs is 2. The van der Waals surface area contributed by atoms with E-state index in [1.807, 2.05) is 13.8 Å². The van der Waals surface area contributed by atoms with Gasteiger partial charge in [0.1, 0.15) is 17.7 Å². The first-order valence-corrected chi connectivity index (χ1v) is 16.5. The Labute approximate surface area is 284 Å². The summed E-state index contributed by atoms with van der Waals surface area (Å²) in [5, 5.41) is 5.15. The molecule has 5 heterocycles. The quantitative estimate of drug-likeness (QED) is 0.228. The summed E-state index contributed by atoms with van der Waals surface area (Å²) in [7, 11) is 0. The number of carbonyl (C=O) groups excluding carboxylic acids is 2. The van der Waals surface area contributed by atoms with Gasteiger partial charge in [0.2, 0.25) is 0 Å². The minimum absolute atomic E-state index is 0.00463. The van der Waals surface area contributed by atoms with Crippen molar-refractivity contribution in [2.45, 2.75) is 70.3 Å². The van der Waals surface area contributed by atoms with E-state index in [2.05, 4.69) is 10.1 Å². The molecular weight excluding hydrogens is 666 g/mol. The first-order valence-electron chi connectivity index (χ1n) is 16.1. The van der Waals surface area contributed by atoms with Gasteiger partial charge in [-0.05, 0) is 42.5 Å². The number of amides is 2. The molecule has 49 heavy (non-hydrogen) atoms. The smallest absolute Gasteiger partial charge is 0.265 e. The van der Waals surface area contributed by atoms with Crippen molar-refractivity contribution in [2.75, 3.05) is 24.6 Å². The Kier molecular flexibility index (Phi) is 8.50. The van der Waals surface area contributed by atoms with E-state index >= 15 is 4.39 Å². The number of halogens is 5. The molecule has 258 valence electrons. The Bertz CT molecular complexity index is 1960. The molecule has 0 bridgehead atoms. The van der Waals surface area contributed by atoms with E-state index in [4.69, 9.17) is 27.1 Å². The maximum Gasteiger partial charge on any atom is 0.265 e. The first-order chi connectivity index (χ1) is 23.3. The average molecular weight is 700 g/mol. The maximum absolute atomic E-state index is 15.8. The molecule has 3 aliphatic rings. The van der Waals surface area contributed by atoms with Crippen molar-refractivity contribution in [2.24, 2.45) is 11.7 Å². The van der Waals surface area contributed by atoms with Crippen LogP contribution >= 0.6 is 11.6 Å². The lowest BCUT2D eigenvalue weighted by Crippen LogP contribution is -2.55. The SMILES string of the molecule is CC(C)Cc1nc2c(cnn2C2CCN(C3CC(F)(F)C3)C[C@H]2F)c(-c2ccc3c(c2)OCC(=O)N3Cc2ncc(Cl)cc2F)c1C(N)=O. The molecule has 1 unspecified atom stereocenters. The molecule has 4 aromatic rings. The summed E-state index contributed by atoms with van der Waals surface area (Å²) in [4.78, 5) is 38.1. The highest BCUT2D eigenvalue weighted by molar-refractivity contribution is 6.30. The molecule has 1 saturated carbocycles. The molecule has 2 fully saturated rings. The van der Waals surface area contributed by atoms with Crippen LogP contribution in [0.3, 0.4) is 0 Å². The van der Waals surface area contributed by atoms with Crippen LogP contribution in [-0.2, 0) is 17.8 Å². The second-order valence-electron chi connectivity index (χ2n) is 13.4. The fourth-order valence-corrected chi connectivity index (χ4v) is 7.25. The number of benzene rings is 1. The number of nitrogens with zero attached hydrogens (tertiary/aromatic N) is 6. The van der Waals surface area contributed by atoms with Crippen LogP contribution in [0.4, 0.5) is 23.2 Å². The Morgan fingerprint density at radius 1 is 1.18 bits per heavy atom. The van der Waals surface area contributed by atoms with Gasteiger partial charge in [-0.1, -0.05) is 31.5 Å². The summed E-state index contributed by atoms with van der Waals surface area (Å²) in [6.07, 6.45) is 1.64. The molecule has 7 rings (SSSR count). The highest BCUT2D eigenvalue weighted by Crippen LogP contribution is 2.44. The Balaban J connectivity index is 1.29. The predicted octanol–water partition coefficient (Wildman–Crippen LogP) is 5.89. The normalized spacial score (nSPS) is 21.1. The van der Waals surface area contributed by atoms with Crippen LogP contribution in [0.1, 0.15) is 60.9 Å². The molecule has 2 N–H and O–H groups in total. The van der Waals surface area contributed by atoms with Gasteiger partial charge in [-0.2, -0.15) is 5.10 Å². The fourth-order valence-electron chi connectivity index (χ4n) is 7.10. The van der Waals surface area contributed by atoms with Crippen molar-refractivity contribution in [3.63, 3.8) is 0 Å². The fraction of sp³-hybridized carbons (Fsp3) is 0.441. The van der Waals surface area contributed by atoms with E-state index in [0.29, 0.717) is 58.7 Å². The number of hydrogen-bond acceptors (Lipinski definition) is 7. The number of anilines is 1. The van der Waals surface area contributed by atoms with Crippen molar-refractivity contribution in [1.29, 1.82) is 0 Å². The van der Waals surface area contributed by atoms with E-state index in [0.717, 1.165) is 6.07 Å². The maximum atomic E-state index is 15.8. The third kappa shape index (κ3) is 6.20. The van der Waals surface area contributed by atoms with Gasteiger partial charge in [-0.25, -0.2) is 27.2 Å². The lowest BCUT2D eigenvalue weighted by molar-refractivity contribution is -0.133. The van der Waals surface area contributed by atoms with Crippen LogP contribution in [0.2, 0.25) is 5.02 Å². The number of ether oxygens (including phenoxy) is 1. The molecule has 1 aliphatic carbocycles. The van der Waals surface area contributed by atoms with Crippen molar-refractivity contribution in [1.82, 2.24) is 24.6 Å². The Morgan fingerprint density at radius 3 is 2.63 bits per heavy atom. The van der Waals surface area contributed by atoms with Gasteiger partial charge in [0.05, 0.1) is 46.4 Å². The number of rotatable bonds is 8. The third-order valence-corrected chi connectivity index (χ3v) is 9.69. The lowest BCUT2D eigenvalue weighted by atomic mass is 9.85. The monoisotopic (exact) mass is 699 g/mol. The van der Waals surface area contributed by atoms with Gasteiger partial charge in [-0.3, -0.25) is 24.4 Å². The third-order valence-electron chi connectivity index (χ3n) is 9.49. The molecule has 1 saturated heterocycles. The number of hydrogen-bond donors (Lipinski definition) is 1. The number of primary amides is 1. The van der Waals surface area contributed by atoms with E-state index in [-0.39, 0.29) is 60.8 Å². The molecule has 2 amide bonds. The van der Waals surface area contributed by atoms with Crippen LogP contribution in [0, 0.1) is 11.7 Å². The summed E-state index contributed by atoms with van der Waals surface area (Å²) < 4.78 is 64.9. The summed E-state index contributed by atoms with van der Waals surface area (Å²) in [5.41, 5.74) is 8.33. The summed E-state index contributed by atoms with van der Waals surface area (Å²) in [6.45, 7) is 3.91. The van der Waals surface area contributed by atoms with E-state index in [1.54, 1.807) is 23.1 Å². The van der Waals surface area contributed by atoms with Crippen molar-refractivity contribution < 1.29 is 31.9 Å². The van der Waals surface area contributed by atoms with Crippen molar-refractivity contribution in [3.8, 4) is 16.9 Å². The highest BCUT2D eigenvalue weighted by Gasteiger charge is 2.49. The predicted molar refractivity (Wildman–Crippen MR) is 174 cm³/mol. The highest BCUT2D eigenvalue weighted by atomic mass is 35.5. The van der Waals surface area contributed by atoms with E-state index in [9.17, 15) is 22.8 Å². The molecule has 15 heteroatoms. The first kappa shape index (κ1) is 33.2. The largest absolute Gasteiger partial charge is 0.482 e. The topological polar surface area (TPSA) is 119 Å². The van der Waals surface area contributed by atoms with Gasteiger partial charge in [-0.15, -0.1) is 0 Å². The molecule has 0 radical (unpaired) electrons.